The van der Waals surface area contributed by atoms with Crippen molar-refractivity contribution in [1.82, 2.24) is 15.1 Å². The molecule has 90 valence electrons. The second-order valence-electron chi connectivity index (χ2n) is 4.18. The van der Waals surface area contributed by atoms with Gasteiger partial charge in [-0.05, 0) is 13.8 Å². The smallest absolute Gasteiger partial charge is 0.225 e. The Morgan fingerprint density at radius 3 is 2.59 bits per heavy atom. The van der Waals surface area contributed by atoms with E-state index in [0.29, 0.717) is 5.56 Å². The van der Waals surface area contributed by atoms with Gasteiger partial charge in [-0.25, -0.2) is 0 Å². The van der Waals surface area contributed by atoms with Crippen molar-refractivity contribution < 1.29 is 9.59 Å². The van der Waals surface area contributed by atoms with Crippen LogP contribution in [-0.4, -0.2) is 27.4 Å². The summed E-state index contributed by atoms with van der Waals surface area (Å²) in [4.78, 5) is 24.1. The Morgan fingerprint density at radius 1 is 1.35 bits per heavy atom. The SMILES string of the molecule is CC(C)NC1=C(Cl)C(=O)c2c(cnn2C)C1=O. The van der Waals surface area contributed by atoms with Gasteiger partial charge in [0.15, 0.2) is 0 Å². The van der Waals surface area contributed by atoms with Crippen molar-refractivity contribution in [2.24, 2.45) is 7.05 Å². The predicted molar refractivity (Wildman–Crippen MR) is 63.0 cm³/mol. The zero-order valence-electron chi connectivity index (χ0n) is 9.74. The molecule has 2 rings (SSSR count). The molecule has 1 heterocycles. The van der Waals surface area contributed by atoms with Gasteiger partial charge >= 0.3 is 0 Å². The molecule has 0 saturated heterocycles. The predicted octanol–water partition coefficient (Wildman–Crippen LogP) is 1.25. The van der Waals surface area contributed by atoms with Crippen LogP contribution in [0.1, 0.15) is 34.7 Å². The van der Waals surface area contributed by atoms with Crippen molar-refractivity contribution in [3.8, 4) is 0 Å². The van der Waals surface area contributed by atoms with Crippen molar-refractivity contribution in [3.05, 3.63) is 28.2 Å². The van der Waals surface area contributed by atoms with Crippen LogP contribution in [0.2, 0.25) is 0 Å². The number of aromatic nitrogens is 2. The van der Waals surface area contributed by atoms with Gasteiger partial charge in [-0.2, -0.15) is 5.10 Å². The Balaban J connectivity index is 2.55. The summed E-state index contributed by atoms with van der Waals surface area (Å²) >= 11 is 5.93. The number of rotatable bonds is 2. The summed E-state index contributed by atoms with van der Waals surface area (Å²) in [5, 5.41) is 6.74. The minimum Gasteiger partial charge on any atom is -0.378 e. The zero-order valence-corrected chi connectivity index (χ0v) is 10.5. The highest BCUT2D eigenvalue weighted by molar-refractivity contribution is 6.49. The maximum Gasteiger partial charge on any atom is 0.225 e. The van der Waals surface area contributed by atoms with E-state index in [0.717, 1.165) is 0 Å². The number of halogens is 1. The fourth-order valence-corrected chi connectivity index (χ4v) is 1.97. The van der Waals surface area contributed by atoms with E-state index >= 15 is 0 Å². The van der Waals surface area contributed by atoms with Crippen LogP contribution in [0.15, 0.2) is 16.9 Å². The van der Waals surface area contributed by atoms with Gasteiger partial charge in [0.1, 0.15) is 16.4 Å². The van der Waals surface area contributed by atoms with Crippen LogP contribution in [0.25, 0.3) is 0 Å². The van der Waals surface area contributed by atoms with E-state index in [-0.39, 0.29) is 34.0 Å². The summed E-state index contributed by atoms with van der Waals surface area (Å²) in [5.74, 6) is -0.657. The average Bonchev–Trinajstić information content (AvgIpc) is 2.63. The summed E-state index contributed by atoms with van der Waals surface area (Å²) in [6.45, 7) is 3.74. The molecule has 1 aromatic rings. The molecule has 1 aliphatic rings. The van der Waals surface area contributed by atoms with Crippen LogP contribution in [0, 0.1) is 0 Å². The molecular weight excluding hydrogens is 242 g/mol. The van der Waals surface area contributed by atoms with Gasteiger partial charge in [0.05, 0.1) is 11.8 Å². The maximum atomic E-state index is 12.1. The molecule has 6 heteroatoms. The van der Waals surface area contributed by atoms with E-state index in [2.05, 4.69) is 10.4 Å². The Hall–Kier alpha value is -1.62. The number of hydrogen-bond donors (Lipinski definition) is 1. The first-order chi connectivity index (χ1) is 7.93. The minimum absolute atomic E-state index is 0.0220. The van der Waals surface area contributed by atoms with Crippen LogP contribution < -0.4 is 5.32 Å². The van der Waals surface area contributed by atoms with E-state index in [1.165, 1.54) is 10.9 Å². The first-order valence-corrected chi connectivity index (χ1v) is 5.59. The average molecular weight is 254 g/mol. The number of aryl methyl sites for hydroxylation is 1. The van der Waals surface area contributed by atoms with Gasteiger partial charge in [0.2, 0.25) is 11.6 Å². The topological polar surface area (TPSA) is 64.0 Å². The molecule has 0 spiro atoms. The van der Waals surface area contributed by atoms with E-state index in [1.807, 2.05) is 13.8 Å². The largest absolute Gasteiger partial charge is 0.378 e. The summed E-state index contributed by atoms with van der Waals surface area (Å²) in [7, 11) is 1.61. The third kappa shape index (κ3) is 1.76. The Kier molecular flexibility index (Phi) is 2.79. The number of fused-ring (bicyclic) bond motifs is 1. The Bertz CT molecular complexity index is 543. The highest BCUT2D eigenvalue weighted by Gasteiger charge is 2.34. The van der Waals surface area contributed by atoms with Gasteiger partial charge in [-0.15, -0.1) is 0 Å². The molecular formula is C11H12ClN3O2. The zero-order chi connectivity index (χ0) is 12.7. The monoisotopic (exact) mass is 253 g/mol. The van der Waals surface area contributed by atoms with Gasteiger partial charge in [0.25, 0.3) is 0 Å². The van der Waals surface area contributed by atoms with E-state index in [1.54, 1.807) is 7.05 Å². The molecule has 0 aromatic carbocycles. The summed E-state index contributed by atoms with van der Waals surface area (Å²) < 4.78 is 1.37. The number of hydrogen-bond acceptors (Lipinski definition) is 4. The number of Topliss-reactive ketones (excluding diaryl/α,β-unsaturated/α-hetero) is 2. The quantitative estimate of drug-likeness (QED) is 0.862. The van der Waals surface area contributed by atoms with E-state index in [4.69, 9.17) is 11.6 Å². The van der Waals surface area contributed by atoms with Crippen molar-refractivity contribution in [1.29, 1.82) is 0 Å². The second kappa shape index (κ2) is 4.00. The first kappa shape index (κ1) is 11.9. The van der Waals surface area contributed by atoms with Crippen molar-refractivity contribution in [3.63, 3.8) is 0 Å². The molecule has 0 fully saturated rings. The van der Waals surface area contributed by atoms with Gasteiger partial charge in [-0.1, -0.05) is 11.6 Å². The molecule has 1 N–H and O–H groups in total. The van der Waals surface area contributed by atoms with Crippen LogP contribution in [0.4, 0.5) is 0 Å². The Morgan fingerprint density at radius 2 is 2.00 bits per heavy atom. The highest BCUT2D eigenvalue weighted by atomic mass is 35.5. The number of carbonyl (C=O) groups is 2. The van der Waals surface area contributed by atoms with Gasteiger partial charge in [-0.3, -0.25) is 14.3 Å². The molecule has 0 radical (unpaired) electrons. The summed E-state index contributed by atoms with van der Waals surface area (Å²) in [5.41, 5.74) is 0.700. The lowest BCUT2D eigenvalue weighted by Gasteiger charge is -2.18. The highest BCUT2D eigenvalue weighted by Crippen LogP contribution is 2.26. The van der Waals surface area contributed by atoms with E-state index < -0.39 is 0 Å². The third-order valence-corrected chi connectivity index (χ3v) is 2.84. The molecule has 17 heavy (non-hydrogen) atoms. The van der Waals surface area contributed by atoms with Gasteiger partial charge < -0.3 is 5.32 Å². The first-order valence-electron chi connectivity index (χ1n) is 5.21. The lowest BCUT2D eigenvalue weighted by atomic mass is 9.98. The number of nitrogens with zero attached hydrogens (tertiary/aromatic N) is 2. The van der Waals surface area contributed by atoms with E-state index in [9.17, 15) is 9.59 Å². The van der Waals surface area contributed by atoms with Crippen LogP contribution >= 0.6 is 11.6 Å². The minimum atomic E-state index is -0.371. The molecule has 5 nitrogen and oxygen atoms in total. The second-order valence-corrected chi connectivity index (χ2v) is 4.55. The van der Waals surface area contributed by atoms with Crippen molar-refractivity contribution in [2.75, 3.05) is 0 Å². The van der Waals surface area contributed by atoms with Crippen molar-refractivity contribution >= 4 is 23.2 Å². The summed E-state index contributed by atoms with van der Waals surface area (Å²) in [6.07, 6.45) is 1.39. The number of carbonyl (C=O) groups excluding carboxylic acids is 2. The molecule has 0 aliphatic heterocycles. The molecule has 0 amide bonds. The van der Waals surface area contributed by atoms with Crippen LogP contribution in [0.3, 0.4) is 0 Å². The Labute approximate surface area is 103 Å². The standard InChI is InChI=1S/C11H12ClN3O2/c1-5(2)14-8-7(12)11(17)9-6(10(8)16)4-13-15(9)3/h4-5,14H,1-3H3. The van der Waals surface area contributed by atoms with Gasteiger partial charge in [0, 0.05) is 13.1 Å². The van der Waals surface area contributed by atoms with Crippen LogP contribution in [0.5, 0.6) is 0 Å². The molecule has 0 saturated carbocycles. The summed E-state index contributed by atoms with van der Waals surface area (Å²) in [6, 6.07) is 0.0220. The number of allylic oxidation sites excluding steroid dienone is 2. The van der Waals surface area contributed by atoms with Crippen molar-refractivity contribution in [2.45, 2.75) is 19.9 Å². The molecule has 0 atom stereocenters. The molecule has 1 aliphatic carbocycles. The maximum absolute atomic E-state index is 12.1. The third-order valence-electron chi connectivity index (χ3n) is 2.48. The molecule has 0 bridgehead atoms. The lowest BCUT2D eigenvalue weighted by molar-refractivity contribution is 0.0969. The fourth-order valence-electron chi connectivity index (χ4n) is 1.74. The molecule has 1 aromatic heterocycles. The number of nitrogens with one attached hydrogen (secondary N) is 1. The van der Waals surface area contributed by atoms with Crippen LogP contribution in [-0.2, 0) is 7.05 Å². The number of ketones is 2. The normalized spacial score (nSPS) is 15.6. The fraction of sp³-hybridized carbons (Fsp3) is 0.364. The molecule has 0 unspecified atom stereocenters. The lowest BCUT2D eigenvalue weighted by Crippen LogP contribution is -2.33.